The number of hydrogen-bond acceptors (Lipinski definition) is 3. The zero-order valence-electron chi connectivity index (χ0n) is 10.4. The van der Waals surface area contributed by atoms with Gasteiger partial charge in [0.1, 0.15) is 0 Å². The zero-order chi connectivity index (χ0) is 13.5. The van der Waals surface area contributed by atoms with Crippen molar-refractivity contribution in [1.82, 2.24) is 5.32 Å². The lowest BCUT2D eigenvalue weighted by molar-refractivity contribution is 0.741. The summed E-state index contributed by atoms with van der Waals surface area (Å²) in [6.07, 6.45) is 0. The molecule has 1 heterocycles. The molecule has 0 aliphatic rings. The van der Waals surface area contributed by atoms with Crippen molar-refractivity contribution in [3.63, 3.8) is 0 Å². The van der Waals surface area contributed by atoms with Gasteiger partial charge in [-0.2, -0.15) is 11.8 Å². The van der Waals surface area contributed by atoms with Crippen molar-refractivity contribution in [3.05, 3.63) is 55.6 Å². The highest BCUT2D eigenvalue weighted by Crippen LogP contribution is 2.21. The predicted octanol–water partition coefficient (Wildman–Crippen LogP) is 5.19. The molecule has 102 valence electrons. The lowest BCUT2D eigenvalue weighted by atomic mass is 10.2. The van der Waals surface area contributed by atoms with Gasteiger partial charge in [0.05, 0.1) is 0 Å². The number of thioether (sulfide) groups is 1. The molecule has 0 amide bonds. The molecular formula is C14H15BrClNS2. The summed E-state index contributed by atoms with van der Waals surface area (Å²) in [5, 5.41) is 6.43. The van der Waals surface area contributed by atoms with E-state index in [0.717, 1.165) is 29.6 Å². The minimum atomic E-state index is 0.867. The van der Waals surface area contributed by atoms with Crippen molar-refractivity contribution in [2.45, 2.75) is 12.3 Å². The Morgan fingerprint density at radius 3 is 2.89 bits per heavy atom. The summed E-state index contributed by atoms with van der Waals surface area (Å²) in [4.78, 5) is 1.36. The molecule has 0 spiro atoms. The summed E-state index contributed by atoms with van der Waals surface area (Å²) in [6, 6.07) is 10.2. The first-order valence-electron chi connectivity index (χ1n) is 6.00. The van der Waals surface area contributed by atoms with Gasteiger partial charge in [0.25, 0.3) is 0 Å². The molecule has 0 fully saturated rings. The van der Waals surface area contributed by atoms with Crippen molar-refractivity contribution in [2.75, 3.05) is 12.3 Å². The second-order valence-corrected chi connectivity index (χ2v) is 7.48. The second-order valence-electron chi connectivity index (χ2n) is 4.05. The molecule has 1 aromatic carbocycles. The Kier molecular flexibility index (Phi) is 6.74. The highest BCUT2D eigenvalue weighted by molar-refractivity contribution is 9.10. The molecule has 1 nitrogen and oxygen atoms in total. The molecule has 1 aromatic heterocycles. The van der Waals surface area contributed by atoms with Gasteiger partial charge in [0.2, 0.25) is 0 Å². The third-order valence-corrected chi connectivity index (χ3v) is 5.63. The Morgan fingerprint density at radius 2 is 2.16 bits per heavy atom. The summed E-state index contributed by atoms with van der Waals surface area (Å²) in [5.41, 5.74) is 1.22. The molecule has 0 saturated carbocycles. The van der Waals surface area contributed by atoms with Crippen LogP contribution >= 0.6 is 50.6 Å². The largest absolute Gasteiger partial charge is 0.311 e. The lowest BCUT2D eigenvalue weighted by Crippen LogP contribution is -2.15. The number of halogens is 2. The van der Waals surface area contributed by atoms with Crippen molar-refractivity contribution < 1.29 is 0 Å². The van der Waals surface area contributed by atoms with Gasteiger partial charge in [-0.1, -0.05) is 29.8 Å². The highest BCUT2D eigenvalue weighted by Gasteiger charge is 1.99. The number of nitrogens with one attached hydrogen (secondary N) is 1. The van der Waals surface area contributed by atoms with Crippen LogP contribution in [0.15, 0.2) is 40.2 Å². The van der Waals surface area contributed by atoms with E-state index in [-0.39, 0.29) is 0 Å². The van der Waals surface area contributed by atoms with Crippen LogP contribution in [0.4, 0.5) is 0 Å². The molecule has 5 heteroatoms. The molecule has 1 N–H and O–H groups in total. The molecule has 2 aromatic rings. The first-order chi connectivity index (χ1) is 9.25. The maximum Gasteiger partial charge on any atom is 0.0446 e. The molecular weight excluding hydrogens is 362 g/mol. The van der Waals surface area contributed by atoms with Gasteiger partial charge in [-0.05, 0) is 33.6 Å². The fraction of sp³-hybridized carbons (Fsp3) is 0.286. The topological polar surface area (TPSA) is 12.0 Å². The maximum absolute atomic E-state index is 6.11. The summed E-state index contributed by atoms with van der Waals surface area (Å²) in [5.74, 6) is 2.07. The van der Waals surface area contributed by atoms with Gasteiger partial charge < -0.3 is 5.32 Å². The lowest BCUT2D eigenvalue weighted by Gasteiger charge is -2.05. The zero-order valence-corrected chi connectivity index (χ0v) is 14.3. The van der Waals surface area contributed by atoms with Crippen LogP contribution in [0.5, 0.6) is 0 Å². The Hall–Kier alpha value is -0.0000000000000000833. The molecule has 0 saturated heterocycles. The van der Waals surface area contributed by atoms with E-state index < -0.39 is 0 Å². The Labute approximate surface area is 135 Å². The van der Waals surface area contributed by atoms with E-state index in [1.165, 1.54) is 14.9 Å². The van der Waals surface area contributed by atoms with Crippen LogP contribution in [-0.4, -0.2) is 12.3 Å². The Morgan fingerprint density at radius 1 is 1.32 bits per heavy atom. The van der Waals surface area contributed by atoms with Crippen LogP contribution in [0.25, 0.3) is 0 Å². The quantitative estimate of drug-likeness (QED) is 0.668. The third kappa shape index (κ3) is 5.48. The van der Waals surface area contributed by atoms with E-state index in [1.807, 2.05) is 30.0 Å². The van der Waals surface area contributed by atoms with E-state index in [9.17, 15) is 0 Å². The number of thiophene rings is 1. The SMILES string of the molecule is Clc1ccccc1CSCCNCc1cc(Br)cs1. The molecule has 0 aliphatic carbocycles. The number of benzene rings is 1. The number of rotatable bonds is 7. The van der Waals surface area contributed by atoms with E-state index in [0.29, 0.717) is 0 Å². The normalized spacial score (nSPS) is 10.8. The first kappa shape index (κ1) is 15.4. The molecule has 0 aliphatic heterocycles. The summed E-state index contributed by atoms with van der Waals surface area (Å²) in [7, 11) is 0. The van der Waals surface area contributed by atoms with Crippen molar-refractivity contribution in [1.29, 1.82) is 0 Å². The molecule has 19 heavy (non-hydrogen) atoms. The van der Waals surface area contributed by atoms with E-state index in [1.54, 1.807) is 11.3 Å². The van der Waals surface area contributed by atoms with Gasteiger partial charge in [0, 0.05) is 44.3 Å². The van der Waals surface area contributed by atoms with E-state index >= 15 is 0 Å². The van der Waals surface area contributed by atoms with E-state index in [2.05, 4.69) is 38.8 Å². The van der Waals surface area contributed by atoms with Gasteiger partial charge in [-0.25, -0.2) is 0 Å². The molecule has 0 bridgehead atoms. The average Bonchev–Trinajstić information content (AvgIpc) is 2.81. The smallest absolute Gasteiger partial charge is 0.0446 e. The minimum Gasteiger partial charge on any atom is -0.311 e. The van der Waals surface area contributed by atoms with Gasteiger partial charge >= 0.3 is 0 Å². The number of hydrogen-bond donors (Lipinski definition) is 1. The summed E-state index contributed by atoms with van der Waals surface area (Å²) in [6.45, 7) is 1.97. The fourth-order valence-electron chi connectivity index (χ4n) is 1.60. The molecule has 0 radical (unpaired) electrons. The van der Waals surface area contributed by atoms with Crippen LogP contribution in [0, 0.1) is 0 Å². The molecule has 2 rings (SSSR count). The molecule has 0 atom stereocenters. The van der Waals surface area contributed by atoms with Gasteiger partial charge in [-0.15, -0.1) is 11.3 Å². The van der Waals surface area contributed by atoms with Gasteiger partial charge in [0.15, 0.2) is 0 Å². The van der Waals surface area contributed by atoms with Crippen LogP contribution < -0.4 is 5.32 Å². The van der Waals surface area contributed by atoms with Crippen LogP contribution in [-0.2, 0) is 12.3 Å². The Bertz CT molecular complexity index is 516. The van der Waals surface area contributed by atoms with Crippen LogP contribution in [0.1, 0.15) is 10.4 Å². The van der Waals surface area contributed by atoms with Crippen LogP contribution in [0.2, 0.25) is 5.02 Å². The van der Waals surface area contributed by atoms with E-state index in [4.69, 9.17) is 11.6 Å². The predicted molar refractivity (Wildman–Crippen MR) is 91.3 cm³/mol. The van der Waals surface area contributed by atoms with Crippen molar-refractivity contribution in [2.24, 2.45) is 0 Å². The van der Waals surface area contributed by atoms with Crippen molar-refractivity contribution >= 4 is 50.6 Å². The average molecular weight is 377 g/mol. The first-order valence-corrected chi connectivity index (χ1v) is 9.21. The monoisotopic (exact) mass is 375 g/mol. The van der Waals surface area contributed by atoms with Crippen molar-refractivity contribution in [3.8, 4) is 0 Å². The maximum atomic E-state index is 6.11. The minimum absolute atomic E-state index is 0.867. The Balaban J connectivity index is 1.59. The highest BCUT2D eigenvalue weighted by atomic mass is 79.9. The summed E-state index contributed by atoms with van der Waals surface area (Å²) >= 11 is 13.3. The third-order valence-electron chi connectivity index (χ3n) is 2.56. The fourth-order valence-corrected chi connectivity index (χ4v) is 4.21. The summed E-state index contributed by atoms with van der Waals surface area (Å²) < 4.78 is 1.17. The van der Waals surface area contributed by atoms with Crippen LogP contribution in [0.3, 0.4) is 0 Å². The van der Waals surface area contributed by atoms with Gasteiger partial charge in [-0.3, -0.25) is 0 Å². The molecule has 0 unspecified atom stereocenters. The second kappa shape index (κ2) is 8.32. The standard InChI is InChI=1S/C14H15BrClNS2/c15-12-7-13(19-10-12)8-17-5-6-18-9-11-3-1-2-4-14(11)16/h1-4,7,10,17H,5-6,8-9H2.